The van der Waals surface area contributed by atoms with Crippen LogP contribution < -0.4 is 16.0 Å². The maximum Gasteiger partial charge on any atom is 0.272 e. The number of hydrogen-bond donors (Lipinski definition) is 3. The van der Waals surface area contributed by atoms with Crippen LogP contribution >= 0.6 is 27.7 Å². The number of halogens is 1. The van der Waals surface area contributed by atoms with Crippen molar-refractivity contribution >= 4 is 68.6 Å². The first-order valence-electron chi connectivity index (χ1n) is 12.6. The minimum Gasteiger partial charge on any atom is -0.325 e. The summed E-state index contributed by atoms with van der Waals surface area (Å²) in [6, 6.07) is 27.1. The third-order valence-corrected chi connectivity index (χ3v) is 7.33. The number of anilines is 2. The fourth-order valence-corrected chi connectivity index (χ4v) is 4.98. The maximum absolute atomic E-state index is 13.3. The Morgan fingerprint density at radius 2 is 1.67 bits per heavy atom. The highest BCUT2D eigenvalue weighted by Crippen LogP contribution is 2.24. The minimum atomic E-state index is -0.521. The van der Waals surface area contributed by atoms with Crippen molar-refractivity contribution in [2.24, 2.45) is 0 Å². The smallest absolute Gasteiger partial charge is 0.272 e. The van der Waals surface area contributed by atoms with Crippen molar-refractivity contribution < 1.29 is 19.3 Å². The number of nitrogens with one attached hydrogen (secondary N) is 3. The molecular weight excluding hydrogens is 620 g/mol. The number of rotatable bonds is 10. The molecule has 0 aliphatic heterocycles. The fraction of sp³-hybridized carbons (Fsp3) is 0.0645. The monoisotopic (exact) mass is 644 g/mol. The Labute approximate surface area is 254 Å². The maximum atomic E-state index is 13.3. The van der Waals surface area contributed by atoms with Gasteiger partial charge in [0.05, 0.1) is 10.7 Å². The van der Waals surface area contributed by atoms with Crippen LogP contribution in [0, 0.1) is 17.0 Å². The van der Waals surface area contributed by atoms with Gasteiger partial charge in [0.2, 0.25) is 5.91 Å². The fourth-order valence-electron chi connectivity index (χ4n) is 3.80. The van der Waals surface area contributed by atoms with Crippen LogP contribution in [0.3, 0.4) is 0 Å². The van der Waals surface area contributed by atoms with Gasteiger partial charge >= 0.3 is 0 Å². The van der Waals surface area contributed by atoms with E-state index >= 15 is 0 Å². The van der Waals surface area contributed by atoms with Crippen LogP contribution in [0.2, 0.25) is 0 Å². The zero-order chi connectivity index (χ0) is 30.1. The molecule has 0 aliphatic carbocycles. The molecule has 0 radical (unpaired) electrons. The summed E-state index contributed by atoms with van der Waals surface area (Å²) in [7, 11) is 0. The molecule has 0 saturated carbocycles. The van der Waals surface area contributed by atoms with Crippen LogP contribution in [0.1, 0.15) is 21.5 Å². The summed E-state index contributed by atoms with van der Waals surface area (Å²) < 4.78 is 0.822. The van der Waals surface area contributed by atoms with E-state index in [-0.39, 0.29) is 23.0 Å². The SMILES string of the molecule is Cc1cc([N+](=O)[O-])ccc1NC(=O)CSc1cccc(NC(=O)/C(=C\c2cccc(Br)c2)NC(=O)c2ccccc2)c1. The molecule has 0 unspecified atom stereocenters. The quantitative estimate of drug-likeness (QED) is 0.0753. The van der Waals surface area contributed by atoms with E-state index in [4.69, 9.17) is 0 Å². The molecule has 42 heavy (non-hydrogen) atoms. The van der Waals surface area contributed by atoms with Gasteiger partial charge in [0.1, 0.15) is 5.70 Å². The lowest BCUT2D eigenvalue weighted by molar-refractivity contribution is -0.384. The average molecular weight is 646 g/mol. The van der Waals surface area contributed by atoms with E-state index < -0.39 is 16.7 Å². The summed E-state index contributed by atoms with van der Waals surface area (Å²) in [4.78, 5) is 49.9. The van der Waals surface area contributed by atoms with E-state index in [1.54, 1.807) is 67.6 Å². The number of carbonyl (C=O) groups excluding carboxylic acids is 3. The predicted molar refractivity (Wildman–Crippen MR) is 168 cm³/mol. The molecule has 0 spiro atoms. The van der Waals surface area contributed by atoms with Crippen molar-refractivity contribution in [3.05, 3.63) is 134 Å². The zero-order valence-electron chi connectivity index (χ0n) is 22.3. The van der Waals surface area contributed by atoms with E-state index in [1.165, 1.54) is 30.0 Å². The number of carbonyl (C=O) groups is 3. The molecule has 3 amide bonds. The largest absolute Gasteiger partial charge is 0.325 e. The molecule has 212 valence electrons. The topological polar surface area (TPSA) is 130 Å². The lowest BCUT2D eigenvalue weighted by Gasteiger charge is -2.12. The normalized spacial score (nSPS) is 11.0. The summed E-state index contributed by atoms with van der Waals surface area (Å²) in [6.07, 6.45) is 1.59. The third kappa shape index (κ3) is 8.63. The number of benzene rings is 4. The van der Waals surface area contributed by atoms with Crippen molar-refractivity contribution in [3.63, 3.8) is 0 Å². The van der Waals surface area contributed by atoms with Crippen molar-refractivity contribution in [1.29, 1.82) is 0 Å². The molecule has 0 atom stereocenters. The van der Waals surface area contributed by atoms with Gasteiger partial charge < -0.3 is 16.0 Å². The third-order valence-electron chi connectivity index (χ3n) is 5.85. The first kappa shape index (κ1) is 30.2. The predicted octanol–water partition coefficient (Wildman–Crippen LogP) is 6.81. The Morgan fingerprint density at radius 3 is 2.38 bits per heavy atom. The Hall–Kier alpha value is -4.74. The van der Waals surface area contributed by atoms with Crippen molar-refractivity contribution in [3.8, 4) is 0 Å². The number of nitrogens with zero attached hydrogens (tertiary/aromatic N) is 1. The first-order chi connectivity index (χ1) is 20.2. The van der Waals surface area contributed by atoms with Crippen LogP contribution in [-0.4, -0.2) is 28.4 Å². The summed E-state index contributed by atoms with van der Waals surface area (Å²) in [5.74, 6) is -1.15. The summed E-state index contributed by atoms with van der Waals surface area (Å²) >= 11 is 4.68. The van der Waals surface area contributed by atoms with Crippen LogP contribution in [0.4, 0.5) is 17.1 Å². The number of nitro groups is 1. The van der Waals surface area contributed by atoms with Gasteiger partial charge in [-0.15, -0.1) is 11.8 Å². The van der Waals surface area contributed by atoms with Gasteiger partial charge in [-0.2, -0.15) is 0 Å². The first-order valence-corrected chi connectivity index (χ1v) is 14.4. The summed E-state index contributed by atoms with van der Waals surface area (Å²) in [6.45, 7) is 1.68. The molecule has 0 aromatic heterocycles. The van der Waals surface area contributed by atoms with E-state index in [0.717, 1.165) is 9.37 Å². The second kappa shape index (κ2) is 14.2. The standard InChI is InChI=1S/C31H25BrN4O5S/c1-20-15-25(36(40)41)13-14-27(20)34-29(37)19-42-26-12-6-11-24(18-26)33-31(39)28(17-21-7-5-10-23(32)16-21)35-30(38)22-8-3-2-4-9-22/h2-18H,19H2,1H3,(H,33,39)(H,34,37)(H,35,38)/b28-17+. The van der Waals surface area contributed by atoms with Crippen LogP contribution in [0.5, 0.6) is 0 Å². The molecule has 3 N–H and O–H groups in total. The van der Waals surface area contributed by atoms with Crippen LogP contribution in [-0.2, 0) is 9.59 Å². The van der Waals surface area contributed by atoms with Crippen molar-refractivity contribution in [1.82, 2.24) is 5.32 Å². The van der Waals surface area contributed by atoms with Crippen LogP contribution in [0.25, 0.3) is 6.08 Å². The number of amides is 3. The summed E-state index contributed by atoms with van der Waals surface area (Å²) in [5.41, 5.74) is 2.68. The second-order valence-corrected chi connectivity index (χ2v) is 11.0. The molecule has 9 nitrogen and oxygen atoms in total. The lowest BCUT2D eigenvalue weighted by atomic mass is 10.1. The molecule has 4 aromatic carbocycles. The number of non-ortho nitro benzene ring substituents is 1. The molecule has 11 heteroatoms. The Balaban J connectivity index is 1.43. The molecule has 4 rings (SSSR count). The Bertz CT molecular complexity index is 1680. The van der Waals surface area contributed by atoms with Gasteiger partial charge in [-0.25, -0.2) is 0 Å². The molecule has 0 bridgehead atoms. The second-order valence-electron chi connectivity index (χ2n) is 9.01. The Kier molecular flexibility index (Phi) is 10.2. The van der Waals surface area contributed by atoms with Gasteiger partial charge in [-0.1, -0.05) is 52.3 Å². The molecule has 0 saturated heterocycles. The van der Waals surface area contributed by atoms with Gasteiger partial charge in [0.25, 0.3) is 17.5 Å². The molecule has 0 heterocycles. The van der Waals surface area contributed by atoms with Gasteiger partial charge in [-0.05, 0) is 72.7 Å². The highest BCUT2D eigenvalue weighted by molar-refractivity contribution is 9.10. The highest BCUT2D eigenvalue weighted by Gasteiger charge is 2.16. The average Bonchev–Trinajstić information content (AvgIpc) is 2.97. The molecule has 0 fully saturated rings. The van der Waals surface area contributed by atoms with Crippen molar-refractivity contribution in [2.75, 3.05) is 16.4 Å². The molecule has 4 aromatic rings. The van der Waals surface area contributed by atoms with Crippen LogP contribution in [0.15, 0.2) is 112 Å². The van der Waals surface area contributed by atoms with Gasteiger partial charge in [-0.3, -0.25) is 24.5 Å². The highest BCUT2D eigenvalue weighted by atomic mass is 79.9. The van der Waals surface area contributed by atoms with Crippen molar-refractivity contribution in [2.45, 2.75) is 11.8 Å². The molecular formula is C31H25BrN4O5S. The van der Waals surface area contributed by atoms with E-state index in [9.17, 15) is 24.5 Å². The van der Waals surface area contributed by atoms with Gasteiger partial charge in [0.15, 0.2) is 0 Å². The minimum absolute atomic E-state index is 0.0481. The number of nitro benzene ring substituents is 1. The Morgan fingerprint density at radius 1 is 0.905 bits per heavy atom. The van der Waals surface area contributed by atoms with E-state index in [2.05, 4.69) is 31.9 Å². The van der Waals surface area contributed by atoms with E-state index in [1.807, 2.05) is 24.3 Å². The summed E-state index contributed by atoms with van der Waals surface area (Å²) in [5, 5.41) is 19.2. The number of hydrogen-bond acceptors (Lipinski definition) is 6. The number of aryl methyl sites for hydroxylation is 1. The molecule has 0 aliphatic rings. The zero-order valence-corrected chi connectivity index (χ0v) is 24.7. The number of thioether (sulfide) groups is 1. The lowest BCUT2D eigenvalue weighted by Crippen LogP contribution is -2.30. The van der Waals surface area contributed by atoms with E-state index in [0.29, 0.717) is 28.1 Å². The van der Waals surface area contributed by atoms with Gasteiger partial charge in [0, 0.05) is 38.4 Å².